The summed E-state index contributed by atoms with van der Waals surface area (Å²) in [5.74, 6) is 0.322. The predicted molar refractivity (Wildman–Crippen MR) is 78.9 cm³/mol. The molecular formula is C14H11N5O3. The fourth-order valence-corrected chi connectivity index (χ4v) is 2.03. The van der Waals surface area contributed by atoms with Crippen LogP contribution in [-0.4, -0.2) is 19.4 Å². The number of phenols is 1. The summed E-state index contributed by atoms with van der Waals surface area (Å²) in [6, 6.07) is 9.10. The SMILES string of the molecule is Cc1nc2ccccn2c1N=Nc1cc([N+](=O)[O-])ccc1O. The number of rotatable bonds is 3. The van der Waals surface area contributed by atoms with Gasteiger partial charge in [0.1, 0.15) is 17.1 Å². The van der Waals surface area contributed by atoms with Crippen molar-refractivity contribution in [3.05, 3.63) is 58.4 Å². The van der Waals surface area contributed by atoms with Crippen molar-refractivity contribution in [1.29, 1.82) is 0 Å². The number of nitro benzene ring substituents is 1. The molecule has 0 unspecified atom stereocenters. The minimum absolute atomic E-state index is 0.0273. The van der Waals surface area contributed by atoms with E-state index in [4.69, 9.17) is 0 Å². The third kappa shape index (κ3) is 2.37. The Labute approximate surface area is 124 Å². The number of azo groups is 1. The van der Waals surface area contributed by atoms with Crippen molar-refractivity contribution in [2.75, 3.05) is 0 Å². The molecule has 8 nitrogen and oxygen atoms in total. The average molecular weight is 297 g/mol. The molecule has 8 heteroatoms. The highest BCUT2D eigenvalue weighted by atomic mass is 16.6. The van der Waals surface area contributed by atoms with E-state index < -0.39 is 4.92 Å². The highest BCUT2D eigenvalue weighted by Gasteiger charge is 2.11. The number of fused-ring (bicyclic) bond motifs is 1. The van der Waals surface area contributed by atoms with E-state index in [2.05, 4.69) is 15.2 Å². The number of nitro groups is 1. The van der Waals surface area contributed by atoms with Gasteiger partial charge in [-0.05, 0) is 25.1 Å². The minimum Gasteiger partial charge on any atom is -0.506 e. The van der Waals surface area contributed by atoms with Gasteiger partial charge in [0, 0.05) is 18.3 Å². The predicted octanol–water partition coefficient (Wildman–Crippen LogP) is 3.67. The van der Waals surface area contributed by atoms with E-state index in [0.29, 0.717) is 11.5 Å². The van der Waals surface area contributed by atoms with Crippen molar-refractivity contribution in [2.24, 2.45) is 10.2 Å². The van der Waals surface area contributed by atoms with Gasteiger partial charge in [-0.1, -0.05) is 6.07 Å². The first-order valence-electron chi connectivity index (χ1n) is 6.39. The summed E-state index contributed by atoms with van der Waals surface area (Å²) in [7, 11) is 0. The van der Waals surface area contributed by atoms with Crippen LogP contribution in [0.3, 0.4) is 0 Å². The zero-order valence-corrected chi connectivity index (χ0v) is 11.5. The maximum absolute atomic E-state index is 10.8. The molecule has 110 valence electrons. The van der Waals surface area contributed by atoms with Crippen molar-refractivity contribution in [3.8, 4) is 5.75 Å². The van der Waals surface area contributed by atoms with Gasteiger partial charge in [0.05, 0.1) is 10.6 Å². The monoisotopic (exact) mass is 297 g/mol. The van der Waals surface area contributed by atoms with E-state index in [1.165, 1.54) is 12.1 Å². The van der Waals surface area contributed by atoms with Crippen molar-refractivity contribution >= 4 is 22.8 Å². The number of imidazole rings is 1. The van der Waals surface area contributed by atoms with Gasteiger partial charge in [-0.3, -0.25) is 14.5 Å². The Morgan fingerprint density at radius 3 is 2.86 bits per heavy atom. The van der Waals surface area contributed by atoms with Gasteiger partial charge in [0.2, 0.25) is 0 Å². The van der Waals surface area contributed by atoms with Crippen molar-refractivity contribution in [3.63, 3.8) is 0 Å². The Balaban J connectivity index is 2.05. The van der Waals surface area contributed by atoms with Gasteiger partial charge in [-0.2, -0.15) is 0 Å². The lowest BCUT2D eigenvalue weighted by Gasteiger charge is -1.98. The molecule has 0 saturated heterocycles. The van der Waals surface area contributed by atoms with Crippen LogP contribution in [0, 0.1) is 17.0 Å². The van der Waals surface area contributed by atoms with Crippen molar-refractivity contribution in [2.45, 2.75) is 6.92 Å². The van der Waals surface area contributed by atoms with E-state index >= 15 is 0 Å². The number of hydrogen-bond donors (Lipinski definition) is 1. The molecule has 1 N–H and O–H groups in total. The highest BCUT2D eigenvalue weighted by molar-refractivity contribution is 5.57. The van der Waals surface area contributed by atoms with Crippen LogP contribution < -0.4 is 0 Å². The van der Waals surface area contributed by atoms with Gasteiger partial charge < -0.3 is 5.11 Å². The van der Waals surface area contributed by atoms with Gasteiger partial charge in [-0.15, -0.1) is 10.2 Å². The summed E-state index contributed by atoms with van der Waals surface area (Å²) in [6.07, 6.45) is 1.79. The topological polar surface area (TPSA) is 105 Å². The standard InChI is InChI=1S/C14H11N5O3/c1-9-14(18-7-3-2-4-13(18)15-9)17-16-11-8-10(19(21)22)5-6-12(11)20/h2-8,20H,1H3. The van der Waals surface area contributed by atoms with Gasteiger partial charge in [-0.25, -0.2) is 4.98 Å². The Morgan fingerprint density at radius 2 is 2.09 bits per heavy atom. The van der Waals surface area contributed by atoms with E-state index in [0.717, 1.165) is 11.7 Å². The third-order valence-electron chi connectivity index (χ3n) is 3.09. The van der Waals surface area contributed by atoms with Crippen molar-refractivity contribution in [1.82, 2.24) is 9.38 Å². The first-order chi connectivity index (χ1) is 10.6. The molecule has 0 fully saturated rings. The van der Waals surface area contributed by atoms with Crippen LogP contribution >= 0.6 is 0 Å². The molecular weight excluding hydrogens is 286 g/mol. The second kappa shape index (κ2) is 5.24. The van der Waals surface area contributed by atoms with Crippen LogP contribution in [0.15, 0.2) is 52.8 Å². The van der Waals surface area contributed by atoms with Gasteiger partial charge in [0.25, 0.3) is 5.69 Å². The van der Waals surface area contributed by atoms with Crippen LogP contribution in [0.1, 0.15) is 5.69 Å². The number of phenolic OH excluding ortho intramolecular Hbond substituents is 1. The molecule has 0 radical (unpaired) electrons. The Hall–Kier alpha value is -3.29. The van der Waals surface area contributed by atoms with Gasteiger partial charge >= 0.3 is 0 Å². The quantitative estimate of drug-likeness (QED) is 0.452. The van der Waals surface area contributed by atoms with Crippen LogP contribution in [0.5, 0.6) is 5.75 Å². The summed E-state index contributed by atoms with van der Waals surface area (Å²) >= 11 is 0. The number of hydrogen-bond acceptors (Lipinski definition) is 6. The number of benzene rings is 1. The molecule has 3 aromatic rings. The molecule has 2 aromatic heterocycles. The number of nitrogens with zero attached hydrogens (tertiary/aromatic N) is 5. The maximum Gasteiger partial charge on any atom is 0.271 e. The summed E-state index contributed by atoms with van der Waals surface area (Å²) < 4.78 is 1.74. The number of non-ortho nitro benzene ring substituents is 1. The van der Waals surface area contributed by atoms with Crippen molar-refractivity contribution < 1.29 is 10.0 Å². The maximum atomic E-state index is 10.8. The summed E-state index contributed by atoms with van der Waals surface area (Å²) in [5, 5.41) is 28.5. The summed E-state index contributed by atoms with van der Waals surface area (Å²) in [5.41, 5.74) is 1.25. The highest BCUT2D eigenvalue weighted by Crippen LogP contribution is 2.32. The van der Waals surface area contributed by atoms with E-state index in [1.807, 2.05) is 18.2 Å². The van der Waals surface area contributed by atoms with E-state index in [9.17, 15) is 15.2 Å². The Kier molecular flexibility index (Phi) is 3.26. The Morgan fingerprint density at radius 1 is 1.27 bits per heavy atom. The van der Waals surface area contributed by atoms with Crippen LogP contribution in [-0.2, 0) is 0 Å². The first kappa shape index (κ1) is 13.7. The molecule has 0 aliphatic rings. The minimum atomic E-state index is -0.558. The summed E-state index contributed by atoms with van der Waals surface area (Å²) in [6.45, 7) is 1.79. The first-order valence-corrected chi connectivity index (χ1v) is 6.39. The van der Waals surface area contributed by atoms with Gasteiger partial charge in [0.15, 0.2) is 5.82 Å². The zero-order valence-electron chi connectivity index (χ0n) is 11.5. The number of aryl methyl sites for hydroxylation is 1. The summed E-state index contributed by atoms with van der Waals surface area (Å²) in [4.78, 5) is 14.5. The molecule has 0 amide bonds. The molecule has 0 aliphatic heterocycles. The van der Waals surface area contributed by atoms with E-state index in [1.54, 1.807) is 17.5 Å². The normalized spacial score (nSPS) is 11.3. The molecule has 22 heavy (non-hydrogen) atoms. The lowest BCUT2D eigenvalue weighted by molar-refractivity contribution is -0.384. The Bertz CT molecular complexity index is 901. The molecule has 3 rings (SSSR count). The number of aromatic nitrogens is 2. The van der Waals surface area contributed by atoms with Crippen LogP contribution in [0.4, 0.5) is 17.2 Å². The molecule has 0 spiro atoms. The average Bonchev–Trinajstić information content (AvgIpc) is 2.81. The largest absolute Gasteiger partial charge is 0.506 e. The zero-order chi connectivity index (χ0) is 15.7. The fraction of sp³-hybridized carbons (Fsp3) is 0.0714. The smallest absolute Gasteiger partial charge is 0.271 e. The van der Waals surface area contributed by atoms with Crippen LogP contribution in [0.2, 0.25) is 0 Å². The number of pyridine rings is 1. The van der Waals surface area contributed by atoms with E-state index in [-0.39, 0.29) is 17.1 Å². The third-order valence-corrected chi connectivity index (χ3v) is 3.09. The molecule has 1 aromatic carbocycles. The molecule has 0 aliphatic carbocycles. The number of aromatic hydroxyl groups is 1. The lowest BCUT2D eigenvalue weighted by Crippen LogP contribution is -1.86. The molecule has 2 heterocycles. The second-order valence-electron chi connectivity index (χ2n) is 4.58. The second-order valence-corrected chi connectivity index (χ2v) is 4.58. The molecule has 0 atom stereocenters. The van der Waals surface area contributed by atoms with Crippen LogP contribution in [0.25, 0.3) is 5.65 Å². The molecule has 0 saturated carbocycles. The molecule has 0 bridgehead atoms. The fourth-order valence-electron chi connectivity index (χ4n) is 2.03. The lowest BCUT2D eigenvalue weighted by atomic mass is 10.2.